The molecule has 0 aromatic carbocycles. The zero-order chi connectivity index (χ0) is 11.3. The van der Waals surface area contributed by atoms with E-state index in [1.165, 1.54) is 13.2 Å². The van der Waals surface area contributed by atoms with E-state index >= 15 is 0 Å². The first-order valence-corrected chi connectivity index (χ1v) is 3.97. The number of ether oxygens (including phenoxy) is 1. The standard InChI is InChI=1S/C9H8N2O4/c1-15-9-7(3-2-4-12)5-8(6-10-9)11(13)14/h5-6,12H,4H2,1H3. The van der Waals surface area contributed by atoms with Crippen LogP contribution < -0.4 is 4.74 Å². The Morgan fingerprint density at radius 3 is 3.00 bits per heavy atom. The summed E-state index contributed by atoms with van der Waals surface area (Å²) >= 11 is 0. The lowest BCUT2D eigenvalue weighted by atomic mass is 10.2. The molecule has 0 aliphatic heterocycles. The summed E-state index contributed by atoms with van der Waals surface area (Å²) < 4.78 is 4.86. The first kappa shape index (κ1) is 10.9. The van der Waals surface area contributed by atoms with Gasteiger partial charge in [0.1, 0.15) is 12.8 Å². The zero-order valence-electron chi connectivity index (χ0n) is 7.93. The molecule has 0 aliphatic rings. The van der Waals surface area contributed by atoms with Gasteiger partial charge in [0.05, 0.1) is 17.6 Å². The monoisotopic (exact) mass is 208 g/mol. The highest BCUT2D eigenvalue weighted by Gasteiger charge is 2.10. The molecule has 1 N–H and O–H groups in total. The maximum Gasteiger partial charge on any atom is 0.289 e. The van der Waals surface area contributed by atoms with E-state index in [4.69, 9.17) is 9.84 Å². The lowest BCUT2D eigenvalue weighted by Gasteiger charge is -2.00. The van der Waals surface area contributed by atoms with Crippen LogP contribution in [-0.2, 0) is 0 Å². The number of hydrogen-bond donors (Lipinski definition) is 1. The molecule has 0 unspecified atom stereocenters. The van der Waals surface area contributed by atoms with Crippen LogP contribution in [0.1, 0.15) is 5.56 Å². The highest BCUT2D eigenvalue weighted by atomic mass is 16.6. The summed E-state index contributed by atoms with van der Waals surface area (Å²) in [4.78, 5) is 13.6. The quantitative estimate of drug-likeness (QED) is 0.430. The van der Waals surface area contributed by atoms with E-state index in [0.29, 0.717) is 0 Å². The molecule has 1 aromatic rings. The molecule has 0 atom stereocenters. The molecule has 0 radical (unpaired) electrons. The smallest absolute Gasteiger partial charge is 0.289 e. The maximum atomic E-state index is 10.5. The number of nitrogens with zero attached hydrogens (tertiary/aromatic N) is 2. The average Bonchev–Trinajstić information content (AvgIpc) is 2.25. The minimum Gasteiger partial charge on any atom is -0.480 e. The Morgan fingerprint density at radius 1 is 1.73 bits per heavy atom. The number of methoxy groups -OCH3 is 1. The Bertz CT molecular complexity index is 433. The van der Waals surface area contributed by atoms with Crippen molar-refractivity contribution in [1.82, 2.24) is 4.98 Å². The van der Waals surface area contributed by atoms with Crippen molar-refractivity contribution in [2.24, 2.45) is 0 Å². The molecule has 0 aliphatic carbocycles. The second-order valence-electron chi connectivity index (χ2n) is 2.47. The molecule has 0 spiro atoms. The molecule has 0 saturated heterocycles. The van der Waals surface area contributed by atoms with Crippen molar-refractivity contribution in [3.63, 3.8) is 0 Å². The normalized spacial score (nSPS) is 8.93. The zero-order valence-corrected chi connectivity index (χ0v) is 7.93. The molecule has 0 saturated carbocycles. The van der Waals surface area contributed by atoms with Crippen LogP contribution in [0.5, 0.6) is 5.88 Å². The van der Waals surface area contributed by atoms with Gasteiger partial charge in [0, 0.05) is 6.07 Å². The number of pyridine rings is 1. The fourth-order valence-corrected chi connectivity index (χ4v) is 0.928. The van der Waals surface area contributed by atoms with Gasteiger partial charge < -0.3 is 9.84 Å². The summed E-state index contributed by atoms with van der Waals surface area (Å²) in [7, 11) is 1.39. The van der Waals surface area contributed by atoms with Crippen molar-refractivity contribution >= 4 is 5.69 Å². The highest BCUT2D eigenvalue weighted by molar-refractivity contribution is 5.47. The van der Waals surface area contributed by atoms with Gasteiger partial charge in [-0.25, -0.2) is 4.98 Å². The summed E-state index contributed by atoms with van der Waals surface area (Å²) in [5.41, 5.74) is 0.110. The van der Waals surface area contributed by atoms with Gasteiger partial charge in [-0.3, -0.25) is 10.1 Å². The molecule has 6 nitrogen and oxygen atoms in total. The predicted molar refractivity (Wildman–Crippen MR) is 51.4 cm³/mol. The molecule has 6 heteroatoms. The van der Waals surface area contributed by atoms with Crippen LogP contribution in [0.4, 0.5) is 5.69 Å². The average molecular weight is 208 g/mol. The van der Waals surface area contributed by atoms with E-state index < -0.39 is 4.92 Å². The second kappa shape index (κ2) is 4.93. The van der Waals surface area contributed by atoms with Gasteiger partial charge >= 0.3 is 0 Å². The Morgan fingerprint density at radius 2 is 2.47 bits per heavy atom. The third-order valence-corrected chi connectivity index (χ3v) is 1.54. The fraction of sp³-hybridized carbons (Fsp3) is 0.222. The van der Waals surface area contributed by atoms with Crippen LogP contribution in [0.2, 0.25) is 0 Å². The summed E-state index contributed by atoms with van der Waals surface area (Å²) in [5.74, 6) is 5.08. The minimum atomic E-state index is -0.573. The van der Waals surface area contributed by atoms with Crippen molar-refractivity contribution in [1.29, 1.82) is 0 Å². The Labute approximate surface area is 85.7 Å². The maximum absolute atomic E-state index is 10.5. The first-order valence-electron chi connectivity index (χ1n) is 3.97. The molecular formula is C9H8N2O4. The third-order valence-electron chi connectivity index (χ3n) is 1.54. The van der Waals surface area contributed by atoms with Crippen LogP contribution in [0, 0.1) is 22.0 Å². The van der Waals surface area contributed by atoms with Crippen LogP contribution in [0.15, 0.2) is 12.3 Å². The van der Waals surface area contributed by atoms with E-state index in [1.807, 2.05) is 0 Å². The Balaban J connectivity index is 3.19. The van der Waals surface area contributed by atoms with Gasteiger partial charge in [-0.2, -0.15) is 0 Å². The fourth-order valence-electron chi connectivity index (χ4n) is 0.928. The molecule has 78 valence electrons. The largest absolute Gasteiger partial charge is 0.480 e. The van der Waals surface area contributed by atoms with Gasteiger partial charge in [0.15, 0.2) is 0 Å². The topological polar surface area (TPSA) is 85.5 Å². The van der Waals surface area contributed by atoms with E-state index in [-0.39, 0.29) is 23.7 Å². The van der Waals surface area contributed by atoms with Gasteiger partial charge in [0.25, 0.3) is 5.69 Å². The van der Waals surface area contributed by atoms with Crippen LogP contribution in [0.3, 0.4) is 0 Å². The van der Waals surface area contributed by atoms with Gasteiger partial charge in [0.2, 0.25) is 5.88 Å². The lowest BCUT2D eigenvalue weighted by molar-refractivity contribution is -0.385. The van der Waals surface area contributed by atoms with E-state index in [2.05, 4.69) is 16.8 Å². The van der Waals surface area contributed by atoms with Crippen LogP contribution in [0.25, 0.3) is 0 Å². The molecule has 0 bridgehead atoms. The number of aromatic nitrogens is 1. The predicted octanol–water partition coefficient (Wildman–Crippen LogP) is 0.342. The van der Waals surface area contributed by atoms with E-state index in [0.717, 1.165) is 6.20 Å². The number of rotatable bonds is 2. The molecule has 0 fully saturated rings. The van der Waals surface area contributed by atoms with E-state index in [1.54, 1.807) is 0 Å². The van der Waals surface area contributed by atoms with Gasteiger partial charge in [-0.15, -0.1) is 0 Å². The van der Waals surface area contributed by atoms with Crippen LogP contribution in [-0.4, -0.2) is 28.7 Å². The number of nitro groups is 1. The molecular weight excluding hydrogens is 200 g/mol. The Hall–Kier alpha value is -2.13. The minimum absolute atomic E-state index is 0.168. The summed E-state index contributed by atoms with van der Waals surface area (Å²) in [5, 5.41) is 19.0. The third kappa shape index (κ3) is 2.65. The molecule has 1 heterocycles. The second-order valence-corrected chi connectivity index (χ2v) is 2.47. The van der Waals surface area contributed by atoms with Crippen molar-refractivity contribution < 1.29 is 14.8 Å². The number of aliphatic hydroxyl groups is 1. The number of hydrogen-bond acceptors (Lipinski definition) is 5. The Kier molecular flexibility index (Phi) is 3.60. The van der Waals surface area contributed by atoms with Crippen molar-refractivity contribution in [2.75, 3.05) is 13.7 Å². The molecule has 15 heavy (non-hydrogen) atoms. The van der Waals surface area contributed by atoms with Crippen LogP contribution >= 0.6 is 0 Å². The highest BCUT2D eigenvalue weighted by Crippen LogP contribution is 2.19. The summed E-state index contributed by atoms with van der Waals surface area (Å²) in [6, 6.07) is 1.24. The number of aliphatic hydroxyl groups excluding tert-OH is 1. The summed E-state index contributed by atoms with van der Waals surface area (Å²) in [6.45, 7) is -0.328. The van der Waals surface area contributed by atoms with Gasteiger partial charge in [-0.1, -0.05) is 11.8 Å². The molecule has 0 amide bonds. The van der Waals surface area contributed by atoms with Gasteiger partial charge in [-0.05, 0) is 0 Å². The lowest BCUT2D eigenvalue weighted by Crippen LogP contribution is -1.95. The molecule has 1 rings (SSSR count). The SMILES string of the molecule is COc1ncc([N+](=O)[O-])cc1C#CCO. The molecule has 1 aromatic heterocycles. The van der Waals surface area contributed by atoms with Crippen molar-refractivity contribution in [3.05, 3.63) is 27.9 Å². The first-order chi connectivity index (χ1) is 7.19. The van der Waals surface area contributed by atoms with Crippen molar-refractivity contribution in [3.8, 4) is 17.7 Å². The van der Waals surface area contributed by atoms with Crippen molar-refractivity contribution in [2.45, 2.75) is 0 Å². The summed E-state index contributed by atoms with van der Waals surface area (Å²) in [6.07, 6.45) is 1.09. The van der Waals surface area contributed by atoms with E-state index in [9.17, 15) is 10.1 Å².